The number of hydrogen-bond donors (Lipinski definition) is 0. The summed E-state index contributed by atoms with van der Waals surface area (Å²) in [5, 5.41) is 0. The van der Waals surface area contributed by atoms with E-state index in [1.807, 2.05) is 0 Å². The highest BCUT2D eigenvalue weighted by atomic mass is 19.4. The number of alkyl halides is 6. The van der Waals surface area contributed by atoms with Gasteiger partial charge in [-0.15, -0.1) is 0 Å². The van der Waals surface area contributed by atoms with Crippen molar-refractivity contribution in [2.24, 2.45) is 0 Å². The van der Waals surface area contributed by atoms with E-state index < -0.39 is 52.6 Å². The number of fused-ring (bicyclic) bond motifs is 3. The van der Waals surface area contributed by atoms with Crippen molar-refractivity contribution in [3.63, 3.8) is 0 Å². The molecule has 0 N–H and O–H groups in total. The average Bonchev–Trinajstić information content (AvgIpc) is 3.10. The average molecular weight is 522 g/mol. The quantitative estimate of drug-likeness (QED) is 0.318. The second kappa shape index (κ2) is 9.33. The Hall–Kier alpha value is -3.10. The Morgan fingerprint density at radius 2 is 1.51 bits per heavy atom. The van der Waals surface area contributed by atoms with Crippen LogP contribution in [0.4, 0.5) is 32.0 Å². The minimum absolute atomic E-state index is 0.0884. The van der Waals surface area contributed by atoms with E-state index in [0.29, 0.717) is 5.69 Å². The molecule has 0 saturated carbocycles. The Kier molecular flexibility index (Phi) is 6.44. The third-order valence-electron chi connectivity index (χ3n) is 7.75. The number of halogens is 6. The first kappa shape index (κ1) is 25.5. The van der Waals surface area contributed by atoms with Crippen LogP contribution in [0.2, 0.25) is 0 Å². The summed E-state index contributed by atoms with van der Waals surface area (Å²) in [5.41, 5.74) is -2.93. The molecule has 2 fully saturated rings. The van der Waals surface area contributed by atoms with Crippen LogP contribution >= 0.6 is 0 Å². The molecule has 196 valence electrons. The van der Waals surface area contributed by atoms with E-state index in [0.717, 1.165) is 50.7 Å². The zero-order valence-corrected chi connectivity index (χ0v) is 19.9. The molecule has 2 saturated heterocycles. The molecule has 3 aliphatic rings. The molecule has 2 aromatic carbocycles. The summed E-state index contributed by atoms with van der Waals surface area (Å²) in [6.45, 7) is 0. The van der Waals surface area contributed by atoms with E-state index in [4.69, 9.17) is 0 Å². The molecule has 5 rings (SSSR count). The molecule has 2 heterocycles. The van der Waals surface area contributed by atoms with Crippen molar-refractivity contribution in [2.75, 3.05) is 4.90 Å². The second-order valence-electron chi connectivity index (χ2n) is 10.0. The second-order valence-corrected chi connectivity index (χ2v) is 10.0. The lowest BCUT2D eigenvalue weighted by Crippen LogP contribution is -2.34. The maximum atomic E-state index is 14.1. The Morgan fingerprint density at radius 3 is 2.14 bits per heavy atom. The van der Waals surface area contributed by atoms with E-state index in [2.05, 4.69) is 4.90 Å². The monoisotopic (exact) mass is 521 g/mol. The summed E-state index contributed by atoms with van der Waals surface area (Å²) < 4.78 is 82.8. The van der Waals surface area contributed by atoms with Crippen molar-refractivity contribution < 1.29 is 35.9 Å². The fraction of sp³-hybridized carbons (Fsp3) is 0.429. The molecule has 0 radical (unpaired) electrons. The highest BCUT2D eigenvalue weighted by molar-refractivity contribution is 6.28. The van der Waals surface area contributed by atoms with Gasteiger partial charge in [-0.05, 0) is 61.4 Å². The Morgan fingerprint density at radius 1 is 0.865 bits per heavy atom. The first-order valence-electron chi connectivity index (χ1n) is 12.4. The Balaban J connectivity index is 1.45. The minimum atomic E-state index is -4.81. The molecular formula is C28H25F6NO2. The van der Waals surface area contributed by atoms with Crippen LogP contribution in [0.1, 0.15) is 71.1 Å². The van der Waals surface area contributed by atoms with Crippen molar-refractivity contribution in [3.8, 4) is 0 Å². The van der Waals surface area contributed by atoms with Crippen LogP contribution in [0.25, 0.3) is 0 Å². The Labute approximate surface area is 210 Å². The normalized spacial score (nSPS) is 21.9. The third kappa shape index (κ3) is 4.80. The number of ketones is 2. The summed E-state index contributed by atoms with van der Waals surface area (Å²) in [4.78, 5) is 28.1. The molecule has 2 aromatic rings. The van der Waals surface area contributed by atoms with Crippen LogP contribution < -0.4 is 4.90 Å². The predicted octanol–water partition coefficient (Wildman–Crippen LogP) is 7.11. The standard InChI is InChI=1S/C28H25F6NO2/c29-27(30,31)22-7-3-4-16-9-13-21(26(37)25(16)22)24(36)14-17-8-10-20(15-23(17)28(32,33)34)35-18-5-1-2-6-19(35)12-11-18/h3-4,7-8,10,13,15,18-19H,1-2,5-6,9,11-12,14H2. The lowest BCUT2D eigenvalue weighted by Gasteiger charge is -2.31. The van der Waals surface area contributed by atoms with Gasteiger partial charge >= 0.3 is 12.4 Å². The number of hydrogen-bond acceptors (Lipinski definition) is 3. The van der Waals surface area contributed by atoms with Gasteiger partial charge in [-0.2, -0.15) is 26.3 Å². The molecule has 2 aliphatic heterocycles. The van der Waals surface area contributed by atoms with Crippen LogP contribution in [0, 0.1) is 0 Å². The van der Waals surface area contributed by atoms with Gasteiger partial charge in [0.2, 0.25) is 0 Å². The van der Waals surface area contributed by atoms with E-state index in [9.17, 15) is 35.9 Å². The van der Waals surface area contributed by atoms with Gasteiger partial charge < -0.3 is 4.90 Å². The van der Waals surface area contributed by atoms with Crippen molar-refractivity contribution >= 4 is 17.3 Å². The molecule has 2 atom stereocenters. The molecule has 2 bridgehead atoms. The van der Waals surface area contributed by atoms with Crippen molar-refractivity contribution in [1.29, 1.82) is 0 Å². The van der Waals surface area contributed by atoms with Crippen LogP contribution in [-0.4, -0.2) is 23.7 Å². The predicted molar refractivity (Wildman–Crippen MR) is 125 cm³/mol. The van der Waals surface area contributed by atoms with Crippen LogP contribution in [-0.2, 0) is 30.0 Å². The number of benzene rings is 2. The largest absolute Gasteiger partial charge is 0.417 e. The van der Waals surface area contributed by atoms with Gasteiger partial charge in [0.1, 0.15) is 0 Å². The van der Waals surface area contributed by atoms with Gasteiger partial charge in [0.05, 0.1) is 16.7 Å². The minimum Gasteiger partial charge on any atom is -0.366 e. The van der Waals surface area contributed by atoms with Gasteiger partial charge in [0, 0.05) is 29.8 Å². The van der Waals surface area contributed by atoms with Crippen molar-refractivity contribution in [2.45, 2.75) is 75.8 Å². The molecule has 0 spiro atoms. The number of allylic oxidation sites excluding steroid dienone is 2. The van der Waals surface area contributed by atoms with E-state index >= 15 is 0 Å². The summed E-state index contributed by atoms with van der Waals surface area (Å²) in [6, 6.07) is 7.63. The van der Waals surface area contributed by atoms with Gasteiger partial charge in [-0.3, -0.25) is 9.59 Å². The van der Waals surface area contributed by atoms with Crippen LogP contribution in [0.5, 0.6) is 0 Å². The maximum absolute atomic E-state index is 14.1. The van der Waals surface area contributed by atoms with Gasteiger partial charge in [-0.25, -0.2) is 0 Å². The van der Waals surface area contributed by atoms with E-state index in [1.165, 1.54) is 24.3 Å². The Bertz CT molecular complexity index is 1260. The summed E-state index contributed by atoms with van der Waals surface area (Å²) in [7, 11) is 0. The molecule has 37 heavy (non-hydrogen) atoms. The number of Topliss-reactive ketones (excluding diaryl/α,β-unsaturated/α-hetero) is 2. The topological polar surface area (TPSA) is 37.4 Å². The van der Waals surface area contributed by atoms with Crippen molar-refractivity contribution in [1.82, 2.24) is 0 Å². The first-order chi connectivity index (χ1) is 17.4. The first-order valence-corrected chi connectivity index (χ1v) is 12.4. The van der Waals surface area contributed by atoms with Crippen LogP contribution in [0.3, 0.4) is 0 Å². The van der Waals surface area contributed by atoms with E-state index in [-0.39, 0.29) is 29.6 Å². The fourth-order valence-corrected chi connectivity index (χ4v) is 6.08. The molecular weight excluding hydrogens is 496 g/mol. The summed E-state index contributed by atoms with van der Waals surface area (Å²) in [5.74, 6) is -2.04. The third-order valence-corrected chi connectivity index (χ3v) is 7.75. The molecule has 3 nitrogen and oxygen atoms in total. The fourth-order valence-electron chi connectivity index (χ4n) is 6.08. The van der Waals surface area contributed by atoms with Crippen molar-refractivity contribution in [3.05, 3.63) is 75.9 Å². The molecule has 2 unspecified atom stereocenters. The van der Waals surface area contributed by atoms with Gasteiger partial charge in [0.25, 0.3) is 0 Å². The van der Waals surface area contributed by atoms with Gasteiger partial charge in [-0.1, -0.05) is 37.1 Å². The molecule has 9 heteroatoms. The molecule has 0 amide bonds. The smallest absolute Gasteiger partial charge is 0.366 e. The zero-order chi connectivity index (χ0) is 26.5. The number of anilines is 1. The number of nitrogens with zero attached hydrogens (tertiary/aromatic N) is 1. The molecule has 1 aliphatic carbocycles. The highest BCUT2D eigenvalue weighted by Gasteiger charge is 2.41. The highest BCUT2D eigenvalue weighted by Crippen LogP contribution is 2.42. The number of carbonyl (C=O) groups excluding carboxylic acids is 2. The summed E-state index contributed by atoms with van der Waals surface area (Å²) in [6.07, 6.45) is -3.35. The molecule has 0 aromatic heterocycles. The van der Waals surface area contributed by atoms with E-state index in [1.54, 1.807) is 6.07 Å². The zero-order valence-electron chi connectivity index (χ0n) is 19.9. The number of carbonyl (C=O) groups is 2. The maximum Gasteiger partial charge on any atom is 0.417 e. The van der Waals surface area contributed by atoms with Gasteiger partial charge in [0.15, 0.2) is 11.6 Å². The lowest BCUT2D eigenvalue weighted by atomic mass is 9.84. The SMILES string of the molecule is O=C(Cc1ccc(N2C3CCCCC2CC3)cc1C(F)(F)F)C1=CCc2cccc(C(F)(F)F)c2C1=O. The lowest BCUT2D eigenvalue weighted by molar-refractivity contribution is -0.139. The summed E-state index contributed by atoms with van der Waals surface area (Å²) >= 11 is 0. The number of rotatable bonds is 4. The van der Waals surface area contributed by atoms with Crippen LogP contribution in [0.15, 0.2) is 48.0 Å².